The van der Waals surface area contributed by atoms with E-state index in [2.05, 4.69) is 21.1 Å². The molecule has 0 atom stereocenters. The van der Waals surface area contributed by atoms with Crippen LogP contribution in [0.15, 0.2) is 119 Å². The molecule has 0 unspecified atom stereocenters. The Bertz CT molecular complexity index is 1350. The average molecular weight is 549 g/mol. The average Bonchev–Trinajstić information content (AvgIpc) is 3.01. The van der Waals surface area contributed by atoms with Gasteiger partial charge >= 0.3 is 0 Å². The Morgan fingerprint density at radius 3 is 1.39 bits per heavy atom. The Balaban J connectivity index is 1.16. The standard InChI is InChI=1S/C33H32N4O4/c38-32(36-34-22-28-16-7-9-18-30(28)40-24-26-12-3-1-4-13-26)20-11-21-33(39)37-35-23-29-17-8-10-19-31(29)41-25-27-14-5-2-6-15-27/h1-10,12-19,22-23H,11,20-21,24-25H2,(H,36,38)(H,37,39)/b34-22+,35-23+. The predicted octanol–water partition coefficient (Wildman–Crippen LogP) is 5.62. The third kappa shape index (κ3) is 10.1. The molecule has 0 aliphatic heterocycles. The van der Waals surface area contributed by atoms with E-state index in [4.69, 9.17) is 9.47 Å². The Hall–Kier alpha value is -5.24. The molecule has 0 aliphatic rings. The van der Waals surface area contributed by atoms with Gasteiger partial charge in [0.2, 0.25) is 11.8 Å². The number of para-hydroxylation sites is 2. The molecule has 0 heterocycles. The van der Waals surface area contributed by atoms with Crippen LogP contribution in [-0.4, -0.2) is 24.2 Å². The minimum atomic E-state index is -0.287. The quantitative estimate of drug-likeness (QED) is 0.158. The highest BCUT2D eigenvalue weighted by molar-refractivity contribution is 5.86. The van der Waals surface area contributed by atoms with Crippen molar-refractivity contribution in [2.45, 2.75) is 32.5 Å². The Kier molecular flexibility index (Phi) is 11.2. The second kappa shape index (κ2) is 16.0. The van der Waals surface area contributed by atoms with Gasteiger partial charge in [0.15, 0.2) is 0 Å². The van der Waals surface area contributed by atoms with Crippen molar-refractivity contribution in [1.82, 2.24) is 10.9 Å². The lowest BCUT2D eigenvalue weighted by Crippen LogP contribution is -2.20. The zero-order valence-corrected chi connectivity index (χ0v) is 22.6. The molecule has 0 fully saturated rings. The summed E-state index contributed by atoms with van der Waals surface area (Å²) >= 11 is 0. The van der Waals surface area contributed by atoms with Gasteiger partial charge in [-0.1, -0.05) is 84.9 Å². The van der Waals surface area contributed by atoms with Gasteiger partial charge < -0.3 is 9.47 Å². The first kappa shape index (κ1) is 28.8. The summed E-state index contributed by atoms with van der Waals surface area (Å²) in [5, 5.41) is 8.08. The van der Waals surface area contributed by atoms with Crippen molar-refractivity contribution < 1.29 is 19.1 Å². The van der Waals surface area contributed by atoms with Crippen molar-refractivity contribution >= 4 is 24.2 Å². The van der Waals surface area contributed by atoms with E-state index < -0.39 is 0 Å². The van der Waals surface area contributed by atoms with E-state index in [1.807, 2.05) is 109 Å². The highest BCUT2D eigenvalue weighted by Gasteiger charge is 2.06. The minimum absolute atomic E-state index is 0.150. The van der Waals surface area contributed by atoms with Crippen LogP contribution in [0.5, 0.6) is 11.5 Å². The van der Waals surface area contributed by atoms with E-state index in [0.717, 1.165) is 22.3 Å². The fourth-order valence-electron chi connectivity index (χ4n) is 3.78. The third-order valence-corrected chi connectivity index (χ3v) is 5.91. The summed E-state index contributed by atoms with van der Waals surface area (Å²) in [5.41, 5.74) is 8.60. The SMILES string of the molecule is O=C(CCCC(=O)N/N=C/c1ccccc1OCc1ccccc1)N/N=C/c1ccccc1OCc1ccccc1. The Morgan fingerprint density at radius 1 is 0.561 bits per heavy atom. The summed E-state index contributed by atoms with van der Waals surface area (Å²) in [6.45, 7) is 0.859. The van der Waals surface area contributed by atoms with Gasteiger partial charge in [0.1, 0.15) is 24.7 Å². The van der Waals surface area contributed by atoms with E-state index in [1.165, 1.54) is 0 Å². The van der Waals surface area contributed by atoms with Crippen LogP contribution >= 0.6 is 0 Å². The summed E-state index contributed by atoms with van der Waals surface area (Å²) in [7, 11) is 0. The van der Waals surface area contributed by atoms with Gasteiger partial charge in [0, 0.05) is 24.0 Å². The molecule has 4 aromatic rings. The van der Waals surface area contributed by atoms with Crippen LogP contribution in [0.25, 0.3) is 0 Å². The van der Waals surface area contributed by atoms with Crippen molar-refractivity contribution in [2.75, 3.05) is 0 Å². The smallest absolute Gasteiger partial charge is 0.240 e. The molecule has 0 spiro atoms. The number of amides is 2. The highest BCUT2D eigenvalue weighted by Crippen LogP contribution is 2.18. The summed E-state index contributed by atoms with van der Waals surface area (Å²) < 4.78 is 11.8. The van der Waals surface area contributed by atoms with Crippen LogP contribution < -0.4 is 20.3 Å². The second-order valence-electron chi connectivity index (χ2n) is 9.06. The number of hydrogen-bond donors (Lipinski definition) is 2. The number of hydrogen-bond acceptors (Lipinski definition) is 6. The number of hydrazone groups is 2. The lowest BCUT2D eigenvalue weighted by molar-refractivity contribution is -0.122. The maximum atomic E-state index is 12.2. The topological polar surface area (TPSA) is 101 Å². The van der Waals surface area contributed by atoms with Crippen molar-refractivity contribution in [3.8, 4) is 11.5 Å². The highest BCUT2D eigenvalue weighted by atomic mass is 16.5. The van der Waals surface area contributed by atoms with Crippen LogP contribution in [0.3, 0.4) is 0 Å². The van der Waals surface area contributed by atoms with E-state index >= 15 is 0 Å². The summed E-state index contributed by atoms with van der Waals surface area (Å²) in [5.74, 6) is 0.753. The zero-order chi connectivity index (χ0) is 28.5. The molecule has 4 aromatic carbocycles. The maximum Gasteiger partial charge on any atom is 0.240 e. The fraction of sp³-hybridized carbons (Fsp3) is 0.152. The lowest BCUT2D eigenvalue weighted by Gasteiger charge is -2.09. The van der Waals surface area contributed by atoms with Gasteiger partial charge in [-0.2, -0.15) is 10.2 Å². The van der Waals surface area contributed by atoms with E-state index in [0.29, 0.717) is 31.1 Å². The zero-order valence-electron chi connectivity index (χ0n) is 22.6. The number of benzene rings is 4. The minimum Gasteiger partial charge on any atom is -0.488 e. The Labute approximate surface area is 239 Å². The molecule has 208 valence electrons. The lowest BCUT2D eigenvalue weighted by atomic mass is 10.2. The van der Waals surface area contributed by atoms with E-state index in [-0.39, 0.29) is 24.7 Å². The van der Waals surface area contributed by atoms with Gasteiger partial charge in [-0.3, -0.25) is 9.59 Å². The molecule has 2 N–H and O–H groups in total. The van der Waals surface area contributed by atoms with Gasteiger partial charge in [-0.05, 0) is 41.8 Å². The molecule has 0 bridgehead atoms. The molecule has 2 amide bonds. The second-order valence-corrected chi connectivity index (χ2v) is 9.06. The van der Waals surface area contributed by atoms with Crippen molar-refractivity contribution in [3.05, 3.63) is 131 Å². The molecule has 0 radical (unpaired) electrons. The van der Waals surface area contributed by atoms with Gasteiger partial charge in [0.05, 0.1) is 12.4 Å². The monoisotopic (exact) mass is 548 g/mol. The van der Waals surface area contributed by atoms with Crippen LogP contribution in [-0.2, 0) is 22.8 Å². The van der Waals surface area contributed by atoms with Crippen molar-refractivity contribution in [1.29, 1.82) is 0 Å². The van der Waals surface area contributed by atoms with Gasteiger partial charge in [0.25, 0.3) is 0 Å². The fourth-order valence-corrected chi connectivity index (χ4v) is 3.78. The number of carbonyl (C=O) groups is 2. The number of rotatable bonds is 14. The Morgan fingerprint density at radius 2 is 0.951 bits per heavy atom. The van der Waals surface area contributed by atoms with Crippen LogP contribution in [0.1, 0.15) is 41.5 Å². The first-order valence-corrected chi connectivity index (χ1v) is 13.3. The van der Waals surface area contributed by atoms with Gasteiger partial charge in [-0.15, -0.1) is 0 Å². The number of carbonyl (C=O) groups excluding carboxylic acids is 2. The third-order valence-electron chi connectivity index (χ3n) is 5.91. The molecule has 0 aliphatic carbocycles. The molecule has 0 saturated carbocycles. The van der Waals surface area contributed by atoms with Crippen LogP contribution in [0.2, 0.25) is 0 Å². The predicted molar refractivity (Wildman–Crippen MR) is 160 cm³/mol. The first-order chi connectivity index (χ1) is 20.2. The summed E-state index contributed by atoms with van der Waals surface area (Å²) in [6.07, 6.45) is 3.74. The van der Waals surface area contributed by atoms with E-state index in [1.54, 1.807) is 12.4 Å². The van der Waals surface area contributed by atoms with E-state index in [9.17, 15) is 9.59 Å². The van der Waals surface area contributed by atoms with Gasteiger partial charge in [-0.25, -0.2) is 10.9 Å². The molecule has 4 rings (SSSR count). The number of ether oxygens (including phenoxy) is 2. The van der Waals surface area contributed by atoms with Crippen molar-refractivity contribution in [3.63, 3.8) is 0 Å². The molecule has 0 saturated heterocycles. The van der Waals surface area contributed by atoms with Crippen LogP contribution in [0, 0.1) is 0 Å². The molecular weight excluding hydrogens is 516 g/mol. The van der Waals surface area contributed by atoms with Crippen molar-refractivity contribution in [2.24, 2.45) is 10.2 Å². The summed E-state index contributed by atoms with van der Waals surface area (Å²) in [6, 6.07) is 34.6. The molecule has 8 heteroatoms. The molecule has 0 aromatic heterocycles. The first-order valence-electron chi connectivity index (χ1n) is 13.3. The number of nitrogens with one attached hydrogen (secondary N) is 2. The van der Waals surface area contributed by atoms with Crippen LogP contribution in [0.4, 0.5) is 0 Å². The molecule has 41 heavy (non-hydrogen) atoms. The normalized spacial score (nSPS) is 10.9. The molecular formula is C33H32N4O4. The maximum absolute atomic E-state index is 12.2. The summed E-state index contributed by atoms with van der Waals surface area (Å²) in [4.78, 5) is 24.4. The number of nitrogens with zero attached hydrogens (tertiary/aromatic N) is 2. The largest absolute Gasteiger partial charge is 0.488 e. The molecule has 8 nitrogen and oxygen atoms in total.